The van der Waals surface area contributed by atoms with Crippen LogP contribution < -0.4 is 16.8 Å². The van der Waals surface area contributed by atoms with Gasteiger partial charge in [0.05, 0.1) is 6.61 Å². The third kappa shape index (κ3) is 2.61. The van der Waals surface area contributed by atoms with Gasteiger partial charge >= 0.3 is 0 Å². The molecule has 8 heteroatoms. The van der Waals surface area contributed by atoms with Crippen molar-refractivity contribution < 1.29 is 14.1 Å². The van der Waals surface area contributed by atoms with E-state index in [1.165, 1.54) is 4.67 Å². The molecule has 94 valence electrons. The molecule has 0 bridgehead atoms. The summed E-state index contributed by atoms with van der Waals surface area (Å²) in [7, 11) is 0.259. The number of ether oxygens (including phenoxy) is 1. The molecule has 1 rings (SSSR count). The maximum atomic E-state index is 11.9. The minimum atomic E-state index is -1.33. The zero-order valence-electron chi connectivity index (χ0n) is 9.31. The van der Waals surface area contributed by atoms with Gasteiger partial charge in [-0.05, 0) is 6.42 Å². The Kier molecular flexibility index (Phi) is 4.89. The van der Waals surface area contributed by atoms with Crippen LogP contribution in [0.5, 0.6) is 0 Å². The van der Waals surface area contributed by atoms with Crippen LogP contribution in [0.3, 0.4) is 0 Å². The maximum absolute atomic E-state index is 11.9. The van der Waals surface area contributed by atoms with Gasteiger partial charge in [-0.1, -0.05) is 0 Å². The SMILES string of the molecule is COCCN[C@]1(N)C(=O)N([PH2]=O)CCC1N. The lowest BCUT2D eigenvalue weighted by molar-refractivity contribution is -0.137. The second-order valence-corrected chi connectivity index (χ2v) is 4.62. The van der Waals surface area contributed by atoms with Gasteiger partial charge in [-0.25, -0.2) is 0 Å². The molecule has 1 saturated heterocycles. The van der Waals surface area contributed by atoms with Crippen molar-refractivity contribution in [2.24, 2.45) is 11.5 Å². The molecule has 7 nitrogen and oxygen atoms in total. The van der Waals surface area contributed by atoms with Crippen LogP contribution in [0, 0.1) is 0 Å². The first-order valence-electron chi connectivity index (χ1n) is 5.11. The van der Waals surface area contributed by atoms with Gasteiger partial charge in [0.2, 0.25) is 0 Å². The van der Waals surface area contributed by atoms with Crippen LogP contribution in [-0.4, -0.2) is 49.1 Å². The van der Waals surface area contributed by atoms with Gasteiger partial charge in [0, 0.05) is 26.2 Å². The fourth-order valence-electron chi connectivity index (χ4n) is 1.67. The minimum Gasteiger partial charge on any atom is -0.383 e. The van der Waals surface area contributed by atoms with Crippen LogP contribution >= 0.6 is 8.61 Å². The zero-order valence-corrected chi connectivity index (χ0v) is 10.5. The van der Waals surface area contributed by atoms with Crippen LogP contribution in [0.1, 0.15) is 6.42 Å². The highest BCUT2D eigenvalue weighted by molar-refractivity contribution is 7.21. The van der Waals surface area contributed by atoms with Crippen LogP contribution in [0.4, 0.5) is 0 Å². The number of methoxy groups -OCH3 is 1. The number of nitrogens with two attached hydrogens (primary N) is 2. The summed E-state index contributed by atoms with van der Waals surface area (Å²) in [6.07, 6.45) is 0.539. The molecule has 1 aliphatic heterocycles. The number of amides is 1. The number of carbonyl (C=O) groups is 1. The molecule has 0 radical (unpaired) electrons. The first-order valence-corrected chi connectivity index (χ1v) is 6.10. The predicted molar refractivity (Wildman–Crippen MR) is 61.5 cm³/mol. The molecule has 0 aromatic rings. The summed E-state index contributed by atoms with van der Waals surface area (Å²) in [5.74, 6) is -0.396. The van der Waals surface area contributed by atoms with E-state index in [0.717, 1.165) is 0 Å². The Hall–Kier alpha value is -0.460. The average molecular weight is 250 g/mol. The number of nitrogens with zero attached hydrogens (tertiary/aromatic N) is 1. The molecule has 1 heterocycles. The van der Waals surface area contributed by atoms with E-state index in [9.17, 15) is 9.36 Å². The Bertz CT molecular complexity index is 278. The Labute approximate surface area is 95.7 Å². The lowest BCUT2D eigenvalue weighted by atomic mass is 9.94. The Balaban J connectivity index is 2.71. The number of nitrogens with one attached hydrogen (secondary N) is 1. The zero-order chi connectivity index (χ0) is 12.2. The van der Waals surface area contributed by atoms with E-state index >= 15 is 0 Å². The molecule has 1 amide bonds. The smallest absolute Gasteiger partial charge is 0.264 e. The second-order valence-electron chi connectivity index (χ2n) is 3.79. The van der Waals surface area contributed by atoms with Crippen molar-refractivity contribution in [3.8, 4) is 0 Å². The first kappa shape index (κ1) is 13.6. The highest BCUT2D eigenvalue weighted by Gasteiger charge is 2.45. The Morgan fingerprint density at radius 1 is 1.75 bits per heavy atom. The van der Waals surface area contributed by atoms with Crippen molar-refractivity contribution in [3.63, 3.8) is 0 Å². The predicted octanol–water partition coefficient (Wildman–Crippen LogP) is -1.89. The summed E-state index contributed by atoms with van der Waals surface area (Å²) >= 11 is 0. The molecular formula is C8H19N4O3P. The fourth-order valence-corrected chi connectivity index (χ4v) is 2.23. The maximum Gasteiger partial charge on any atom is 0.264 e. The van der Waals surface area contributed by atoms with Crippen LogP contribution in [-0.2, 0) is 14.1 Å². The molecule has 1 aliphatic rings. The van der Waals surface area contributed by atoms with E-state index in [0.29, 0.717) is 26.1 Å². The lowest BCUT2D eigenvalue weighted by Gasteiger charge is -2.41. The first-order chi connectivity index (χ1) is 7.56. The van der Waals surface area contributed by atoms with Crippen molar-refractivity contribution in [2.45, 2.75) is 18.1 Å². The van der Waals surface area contributed by atoms with Crippen molar-refractivity contribution in [1.29, 1.82) is 0 Å². The summed E-state index contributed by atoms with van der Waals surface area (Å²) in [5.41, 5.74) is 10.5. The summed E-state index contributed by atoms with van der Waals surface area (Å²) in [5, 5.41) is 2.87. The lowest BCUT2D eigenvalue weighted by Crippen LogP contribution is -2.74. The third-order valence-corrected chi connectivity index (χ3v) is 3.48. The molecule has 3 atom stereocenters. The molecule has 0 aromatic carbocycles. The van der Waals surface area contributed by atoms with Crippen LogP contribution in [0.15, 0.2) is 0 Å². The van der Waals surface area contributed by atoms with Crippen molar-refractivity contribution in [1.82, 2.24) is 9.99 Å². The number of rotatable bonds is 5. The molecule has 0 spiro atoms. The molecular weight excluding hydrogens is 231 g/mol. The quantitative estimate of drug-likeness (QED) is 0.299. The molecule has 0 saturated carbocycles. The second kappa shape index (κ2) is 5.75. The summed E-state index contributed by atoms with van der Waals surface area (Å²) in [4.78, 5) is 11.9. The van der Waals surface area contributed by atoms with E-state index in [1.807, 2.05) is 0 Å². The topological polar surface area (TPSA) is 111 Å². The number of hydrogen-bond acceptors (Lipinski definition) is 6. The fraction of sp³-hybridized carbons (Fsp3) is 0.875. The van der Waals surface area contributed by atoms with Gasteiger partial charge in [0.15, 0.2) is 14.3 Å². The van der Waals surface area contributed by atoms with E-state index in [2.05, 4.69) is 5.32 Å². The van der Waals surface area contributed by atoms with E-state index in [1.54, 1.807) is 7.11 Å². The highest BCUT2D eigenvalue weighted by atomic mass is 31.1. The normalized spacial score (nSPS) is 31.6. The molecule has 0 aromatic heterocycles. The van der Waals surface area contributed by atoms with Crippen LogP contribution in [0.2, 0.25) is 0 Å². The van der Waals surface area contributed by atoms with Gasteiger partial charge in [0.1, 0.15) is 0 Å². The van der Waals surface area contributed by atoms with E-state index in [4.69, 9.17) is 16.2 Å². The number of piperidine rings is 1. The summed E-state index contributed by atoms with van der Waals surface area (Å²) < 4.78 is 17.0. The van der Waals surface area contributed by atoms with Crippen molar-refractivity contribution >= 4 is 14.5 Å². The molecule has 0 aliphatic carbocycles. The molecule has 2 unspecified atom stereocenters. The standard InChI is InChI=1S/C8H19N4O3P/c1-15-5-3-11-8(10)6(9)2-4-12(16-14)7(8)13/h6,11H,2-5,9-10,16H2,1H3/t6?,8-/m0/s1. The molecule has 16 heavy (non-hydrogen) atoms. The monoisotopic (exact) mass is 250 g/mol. The number of carbonyl (C=O) groups excluding carboxylic acids is 1. The number of hydrogen-bond donors (Lipinski definition) is 3. The van der Waals surface area contributed by atoms with Gasteiger partial charge in [-0.3, -0.25) is 14.8 Å². The Morgan fingerprint density at radius 3 is 3.00 bits per heavy atom. The van der Waals surface area contributed by atoms with Gasteiger partial charge in [-0.15, -0.1) is 0 Å². The third-order valence-electron chi connectivity index (χ3n) is 2.73. The molecule has 1 fully saturated rings. The van der Waals surface area contributed by atoms with Gasteiger partial charge in [-0.2, -0.15) is 0 Å². The largest absolute Gasteiger partial charge is 0.383 e. The Morgan fingerprint density at radius 2 is 2.44 bits per heavy atom. The van der Waals surface area contributed by atoms with Crippen LogP contribution in [0.25, 0.3) is 0 Å². The molecule has 5 N–H and O–H groups in total. The summed E-state index contributed by atoms with van der Waals surface area (Å²) in [6, 6.07) is -0.473. The minimum absolute atomic E-state index is 0.396. The van der Waals surface area contributed by atoms with E-state index < -0.39 is 26.2 Å². The van der Waals surface area contributed by atoms with Gasteiger partial charge in [0.25, 0.3) is 5.91 Å². The summed E-state index contributed by atoms with van der Waals surface area (Å²) in [6.45, 7) is 1.27. The highest BCUT2D eigenvalue weighted by Crippen LogP contribution is 2.22. The average Bonchev–Trinajstić information content (AvgIpc) is 2.27. The van der Waals surface area contributed by atoms with Gasteiger partial charge < -0.3 is 20.8 Å². The van der Waals surface area contributed by atoms with Crippen molar-refractivity contribution in [2.75, 3.05) is 26.8 Å². The van der Waals surface area contributed by atoms with E-state index in [-0.39, 0.29) is 0 Å². The van der Waals surface area contributed by atoms with Crippen molar-refractivity contribution in [3.05, 3.63) is 0 Å².